The number of sulfone groups is 1. The molecule has 0 radical (unpaired) electrons. The van der Waals surface area contributed by atoms with Gasteiger partial charge in [0.2, 0.25) is 0 Å². The van der Waals surface area contributed by atoms with Crippen LogP contribution in [-0.4, -0.2) is 67.1 Å². The van der Waals surface area contributed by atoms with Gasteiger partial charge in [-0.05, 0) is 50.0 Å². The zero-order valence-corrected chi connectivity index (χ0v) is 19.7. The van der Waals surface area contributed by atoms with Crippen LogP contribution in [0.1, 0.15) is 12.6 Å². The molecule has 0 fully saturated rings. The fourth-order valence-electron chi connectivity index (χ4n) is 3.14. The normalized spacial score (nSPS) is 12.3. The maximum absolute atomic E-state index is 13.3. The number of carbonyl (C=O) groups is 1. The number of carbonyl (C=O) groups excluding carboxylic acids is 1. The number of alkyl halides is 3. The van der Waals surface area contributed by atoms with Gasteiger partial charge in [0.05, 0.1) is 22.0 Å². The van der Waals surface area contributed by atoms with Crippen LogP contribution in [0.4, 0.5) is 13.2 Å². The Bertz CT molecular complexity index is 1260. The van der Waals surface area contributed by atoms with Gasteiger partial charge in [0.1, 0.15) is 13.2 Å². The lowest BCUT2D eigenvalue weighted by Crippen LogP contribution is -2.22. The smallest absolute Gasteiger partial charge is 0.435 e. The van der Waals surface area contributed by atoms with Crippen molar-refractivity contribution in [1.29, 1.82) is 0 Å². The van der Waals surface area contributed by atoms with Crippen LogP contribution in [-0.2, 0) is 32.1 Å². The highest BCUT2D eigenvalue weighted by atomic mass is 32.2. The number of ether oxygens (including phenoxy) is 1. The third kappa shape index (κ3) is 6.06. The van der Waals surface area contributed by atoms with Crippen molar-refractivity contribution in [3.05, 3.63) is 48.2 Å². The van der Waals surface area contributed by atoms with Crippen LogP contribution in [0.5, 0.6) is 0 Å². The Morgan fingerprint density at radius 2 is 1.85 bits per heavy atom. The molecule has 2 aromatic heterocycles. The van der Waals surface area contributed by atoms with Gasteiger partial charge in [0.15, 0.2) is 15.5 Å². The van der Waals surface area contributed by atoms with E-state index in [2.05, 4.69) is 10.1 Å². The van der Waals surface area contributed by atoms with Crippen molar-refractivity contribution in [2.45, 2.75) is 24.5 Å². The lowest BCUT2D eigenvalue weighted by Gasteiger charge is -2.11. The summed E-state index contributed by atoms with van der Waals surface area (Å²) in [4.78, 5) is 17.1. The molecule has 3 rings (SSSR count). The quantitative estimate of drug-likeness (QED) is 0.454. The van der Waals surface area contributed by atoms with E-state index in [9.17, 15) is 26.4 Å². The van der Waals surface area contributed by atoms with E-state index in [1.807, 2.05) is 0 Å². The van der Waals surface area contributed by atoms with Crippen molar-refractivity contribution in [2.75, 3.05) is 33.0 Å². The third-order valence-corrected chi connectivity index (χ3v) is 6.73. The second-order valence-electron chi connectivity index (χ2n) is 7.81. The van der Waals surface area contributed by atoms with Crippen LogP contribution in [0, 0.1) is 0 Å². The van der Waals surface area contributed by atoms with Gasteiger partial charge < -0.3 is 14.6 Å². The predicted octanol–water partition coefficient (Wildman–Crippen LogP) is 3.46. The maximum Gasteiger partial charge on any atom is 0.435 e. The molecule has 0 aliphatic rings. The molecular weight excluding hydrogens is 473 g/mol. The summed E-state index contributed by atoms with van der Waals surface area (Å²) in [6.07, 6.45) is -4.70. The molecule has 2 heterocycles. The first-order valence-electron chi connectivity index (χ1n) is 10.4. The fourth-order valence-corrected chi connectivity index (χ4v) is 4.07. The number of rotatable bonds is 9. The van der Waals surface area contributed by atoms with Gasteiger partial charge in [-0.3, -0.25) is 9.48 Å². The molecule has 12 heteroatoms. The third-order valence-electron chi connectivity index (χ3n) is 5.00. The number of aromatic nitrogens is 3. The van der Waals surface area contributed by atoms with Gasteiger partial charge in [-0.15, -0.1) is 0 Å². The minimum absolute atomic E-state index is 0.0421. The van der Waals surface area contributed by atoms with Crippen LogP contribution < -0.4 is 0 Å². The second kappa shape index (κ2) is 10.0. The van der Waals surface area contributed by atoms with Crippen molar-refractivity contribution in [1.82, 2.24) is 19.7 Å². The molecule has 1 N–H and O–H groups in total. The van der Waals surface area contributed by atoms with Crippen molar-refractivity contribution < 1.29 is 31.1 Å². The standard InChI is InChI=1S/C22H25F3N4O4S/c1-4-34(31,32)16-7-5-6-15(12-16)17-8-9-18(26-17)19-13-20(22(23,24)25)27-29(19)14-21(30)33-11-10-28(2)3/h5-9,12-13,26H,4,10-11,14H2,1-3H3. The molecule has 0 bridgehead atoms. The molecule has 0 unspecified atom stereocenters. The molecule has 8 nitrogen and oxygen atoms in total. The molecule has 0 saturated carbocycles. The topological polar surface area (TPSA) is 97.3 Å². The van der Waals surface area contributed by atoms with Gasteiger partial charge in [0, 0.05) is 12.2 Å². The highest BCUT2D eigenvalue weighted by Crippen LogP contribution is 2.33. The summed E-state index contributed by atoms with van der Waals surface area (Å²) in [6, 6.07) is 10.3. The second-order valence-corrected chi connectivity index (χ2v) is 10.1. The number of esters is 1. The molecule has 184 valence electrons. The molecule has 0 amide bonds. The average molecular weight is 499 g/mol. The highest BCUT2D eigenvalue weighted by Gasteiger charge is 2.35. The highest BCUT2D eigenvalue weighted by molar-refractivity contribution is 7.91. The van der Waals surface area contributed by atoms with Crippen molar-refractivity contribution in [2.24, 2.45) is 0 Å². The zero-order chi connectivity index (χ0) is 25.1. The Labute approximate surface area is 195 Å². The molecule has 0 aliphatic heterocycles. The molecule has 3 aromatic rings. The van der Waals surface area contributed by atoms with Crippen LogP contribution in [0.3, 0.4) is 0 Å². The first-order valence-corrected chi connectivity index (χ1v) is 12.0. The van der Waals surface area contributed by atoms with E-state index in [1.165, 1.54) is 12.1 Å². The monoisotopic (exact) mass is 498 g/mol. The SMILES string of the molecule is CCS(=O)(=O)c1cccc(-c2ccc(-c3cc(C(F)(F)F)nn3CC(=O)OCCN(C)C)[nH]2)c1. The zero-order valence-electron chi connectivity index (χ0n) is 18.9. The number of hydrogen-bond acceptors (Lipinski definition) is 6. The first kappa shape index (κ1) is 25.5. The number of likely N-dealkylation sites (N-methyl/N-ethyl adjacent to an activating group) is 1. The number of benzene rings is 1. The van der Waals surface area contributed by atoms with E-state index < -0.39 is 34.2 Å². The lowest BCUT2D eigenvalue weighted by atomic mass is 10.2. The Balaban J connectivity index is 1.92. The van der Waals surface area contributed by atoms with Crippen LogP contribution in [0.25, 0.3) is 22.6 Å². The first-order chi connectivity index (χ1) is 15.9. The fraction of sp³-hybridized carbons (Fsp3) is 0.364. The Kier molecular flexibility index (Phi) is 7.51. The summed E-state index contributed by atoms with van der Waals surface area (Å²) < 4.78 is 70.4. The molecule has 0 aliphatic carbocycles. The van der Waals surface area contributed by atoms with Gasteiger partial charge in [-0.2, -0.15) is 18.3 Å². The number of nitrogens with one attached hydrogen (secondary N) is 1. The Hall–Kier alpha value is -3.12. The lowest BCUT2D eigenvalue weighted by molar-refractivity contribution is -0.146. The average Bonchev–Trinajstić information content (AvgIpc) is 3.40. The maximum atomic E-state index is 13.3. The summed E-state index contributed by atoms with van der Waals surface area (Å²) in [5.41, 5.74) is 0.225. The van der Waals surface area contributed by atoms with Gasteiger partial charge in [-0.1, -0.05) is 19.1 Å². The molecule has 0 spiro atoms. The molecule has 1 aromatic carbocycles. The summed E-state index contributed by atoms with van der Waals surface area (Å²) in [5.74, 6) is -0.777. The van der Waals surface area contributed by atoms with Gasteiger partial charge in [-0.25, -0.2) is 8.42 Å². The largest absolute Gasteiger partial charge is 0.463 e. The van der Waals surface area contributed by atoms with E-state index in [0.29, 0.717) is 17.8 Å². The molecular formula is C22H25F3N4O4S. The van der Waals surface area contributed by atoms with Crippen LogP contribution in [0.15, 0.2) is 47.4 Å². The van der Waals surface area contributed by atoms with Crippen molar-refractivity contribution in [3.63, 3.8) is 0 Å². The summed E-state index contributed by atoms with van der Waals surface area (Å²) in [5, 5.41) is 3.56. The summed E-state index contributed by atoms with van der Waals surface area (Å²) in [7, 11) is 0.166. The van der Waals surface area contributed by atoms with E-state index in [0.717, 1.165) is 10.7 Å². The molecule has 0 atom stereocenters. The van der Waals surface area contributed by atoms with Crippen LogP contribution >= 0.6 is 0 Å². The van der Waals surface area contributed by atoms with E-state index in [4.69, 9.17) is 4.74 Å². The summed E-state index contributed by atoms with van der Waals surface area (Å²) in [6.45, 7) is 1.60. The number of halogens is 3. The summed E-state index contributed by atoms with van der Waals surface area (Å²) >= 11 is 0. The number of hydrogen-bond donors (Lipinski definition) is 1. The molecule has 0 saturated heterocycles. The predicted molar refractivity (Wildman–Crippen MR) is 120 cm³/mol. The van der Waals surface area contributed by atoms with Crippen molar-refractivity contribution >= 4 is 15.8 Å². The number of H-pyrrole nitrogens is 1. The minimum atomic E-state index is -4.70. The molecule has 34 heavy (non-hydrogen) atoms. The Morgan fingerprint density at radius 3 is 2.50 bits per heavy atom. The number of nitrogens with zero attached hydrogens (tertiary/aromatic N) is 3. The minimum Gasteiger partial charge on any atom is -0.463 e. The van der Waals surface area contributed by atoms with Crippen molar-refractivity contribution in [3.8, 4) is 22.6 Å². The Morgan fingerprint density at radius 1 is 1.15 bits per heavy atom. The van der Waals surface area contributed by atoms with E-state index in [-0.39, 0.29) is 28.6 Å². The van der Waals surface area contributed by atoms with E-state index >= 15 is 0 Å². The van der Waals surface area contributed by atoms with Gasteiger partial charge >= 0.3 is 12.1 Å². The van der Waals surface area contributed by atoms with Gasteiger partial charge in [0.25, 0.3) is 0 Å². The van der Waals surface area contributed by atoms with E-state index in [1.54, 1.807) is 50.2 Å². The number of aromatic amines is 1. The van der Waals surface area contributed by atoms with Crippen LogP contribution in [0.2, 0.25) is 0 Å².